The topological polar surface area (TPSA) is 58.6 Å². The van der Waals surface area contributed by atoms with Crippen molar-refractivity contribution >= 4 is 18.4 Å². The van der Waals surface area contributed by atoms with Crippen LogP contribution in [0, 0.1) is 0 Å². The molecule has 5 heteroatoms. The zero-order valence-corrected chi connectivity index (χ0v) is 12.5. The Bertz CT molecular complexity index is 575. The predicted molar refractivity (Wildman–Crippen MR) is 84.0 cm³/mol. The van der Waals surface area contributed by atoms with Gasteiger partial charge in [-0.1, -0.05) is 30.3 Å². The van der Waals surface area contributed by atoms with E-state index in [1.165, 1.54) is 0 Å². The van der Waals surface area contributed by atoms with Gasteiger partial charge in [-0.15, -0.1) is 12.4 Å². The van der Waals surface area contributed by atoms with E-state index in [1.807, 2.05) is 6.07 Å². The van der Waals surface area contributed by atoms with Gasteiger partial charge in [0.25, 0.3) is 0 Å². The maximum absolute atomic E-state index is 11.9. The molecule has 0 aliphatic carbocycles. The molecular weight excluding hydrogens is 290 g/mol. The summed E-state index contributed by atoms with van der Waals surface area (Å²) in [4.78, 5) is 11.9. The van der Waals surface area contributed by atoms with E-state index >= 15 is 0 Å². The van der Waals surface area contributed by atoms with Crippen LogP contribution in [0.3, 0.4) is 0 Å². The maximum atomic E-state index is 11.9. The van der Waals surface area contributed by atoms with Crippen LogP contribution < -0.4 is 10.1 Å². The lowest BCUT2D eigenvalue weighted by Crippen LogP contribution is -2.16. The van der Waals surface area contributed by atoms with Crippen molar-refractivity contribution in [3.63, 3.8) is 0 Å². The fraction of sp³-hybridized carbons (Fsp3) is 0.188. The molecule has 0 aromatic heterocycles. The second-order valence-electron chi connectivity index (χ2n) is 4.40. The summed E-state index contributed by atoms with van der Waals surface area (Å²) in [6.45, 7) is 0.441. The van der Waals surface area contributed by atoms with Crippen LogP contribution in [0.4, 0.5) is 0 Å². The molecule has 0 spiro atoms. The first-order chi connectivity index (χ1) is 9.70. The molecule has 0 saturated carbocycles. The fourth-order valence-electron chi connectivity index (χ4n) is 1.84. The highest BCUT2D eigenvalue weighted by molar-refractivity contribution is 5.90. The average molecular weight is 308 g/mol. The van der Waals surface area contributed by atoms with Crippen LogP contribution in [-0.4, -0.2) is 24.7 Å². The monoisotopic (exact) mass is 307 g/mol. The number of halogens is 1. The van der Waals surface area contributed by atoms with Crippen molar-refractivity contribution in [1.29, 1.82) is 0 Å². The summed E-state index contributed by atoms with van der Waals surface area (Å²) in [7, 11) is 1.77. The van der Waals surface area contributed by atoms with Crippen LogP contribution in [0.1, 0.15) is 22.0 Å². The van der Waals surface area contributed by atoms with Gasteiger partial charge >= 0.3 is 5.97 Å². The second-order valence-corrected chi connectivity index (χ2v) is 4.40. The van der Waals surface area contributed by atoms with Crippen LogP contribution in [0.5, 0.6) is 5.75 Å². The number of nitrogens with one attached hydrogen (secondary N) is 1. The molecular formula is C16H18ClNO3. The molecule has 0 aliphatic heterocycles. The molecule has 2 aromatic carbocycles. The Balaban J connectivity index is 0.00000220. The van der Waals surface area contributed by atoms with E-state index in [9.17, 15) is 9.90 Å². The molecule has 0 amide bonds. The van der Waals surface area contributed by atoms with Gasteiger partial charge in [0, 0.05) is 6.54 Å². The summed E-state index contributed by atoms with van der Waals surface area (Å²) in [5.41, 5.74) is 1.20. The van der Waals surface area contributed by atoms with Gasteiger partial charge in [-0.2, -0.15) is 0 Å². The number of hydrogen-bond acceptors (Lipinski definition) is 4. The van der Waals surface area contributed by atoms with Crippen molar-refractivity contribution < 1.29 is 14.6 Å². The fourth-order valence-corrected chi connectivity index (χ4v) is 1.84. The number of likely N-dealkylation sites (N-methyl/N-ethyl adjacent to an activating group) is 1. The standard InChI is InChI=1S/C16H17NO3.ClH/c1-17-11-15(18)13-8-5-9-14(10-13)20-16(19)12-6-3-2-4-7-12;/h2-10,15,17-18H,11H2,1H3;1H. The number of esters is 1. The Morgan fingerprint density at radius 1 is 1.19 bits per heavy atom. The zero-order chi connectivity index (χ0) is 14.4. The first-order valence-electron chi connectivity index (χ1n) is 6.40. The third-order valence-electron chi connectivity index (χ3n) is 2.86. The van der Waals surface area contributed by atoms with Crippen LogP contribution in [-0.2, 0) is 0 Å². The minimum Gasteiger partial charge on any atom is -0.423 e. The molecule has 0 aliphatic rings. The predicted octanol–water partition coefficient (Wildman–Crippen LogP) is 2.58. The molecule has 0 bridgehead atoms. The Morgan fingerprint density at radius 3 is 2.57 bits per heavy atom. The zero-order valence-electron chi connectivity index (χ0n) is 11.7. The number of carbonyl (C=O) groups is 1. The van der Waals surface area contributed by atoms with Gasteiger partial charge in [-0.25, -0.2) is 4.79 Å². The SMILES string of the molecule is CNCC(O)c1cccc(OC(=O)c2ccccc2)c1.Cl. The van der Waals surface area contributed by atoms with Crippen molar-refractivity contribution in [2.75, 3.05) is 13.6 Å². The number of carbonyl (C=O) groups excluding carboxylic acids is 1. The average Bonchev–Trinajstić information content (AvgIpc) is 2.48. The highest BCUT2D eigenvalue weighted by Crippen LogP contribution is 2.20. The molecule has 1 unspecified atom stereocenters. The van der Waals surface area contributed by atoms with Crippen molar-refractivity contribution in [3.8, 4) is 5.75 Å². The highest BCUT2D eigenvalue weighted by atomic mass is 35.5. The van der Waals surface area contributed by atoms with Gasteiger partial charge in [0.1, 0.15) is 5.75 Å². The van der Waals surface area contributed by atoms with E-state index in [4.69, 9.17) is 4.74 Å². The normalized spacial score (nSPS) is 11.3. The number of hydrogen-bond donors (Lipinski definition) is 2. The van der Waals surface area contributed by atoms with Crippen LogP contribution >= 0.6 is 12.4 Å². The van der Waals surface area contributed by atoms with E-state index in [-0.39, 0.29) is 12.4 Å². The lowest BCUT2D eigenvalue weighted by atomic mass is 10.1. The first-order valence-corrected chi connectivity index (χ1v) is 6.40. The summed E-state index contributed by atoms with van der Waals surface area (Å²) in [5, 5.41) is 12.8. The van der Waals surface area contributed by atoms with Crippen LogP contribution in [0.25, 0.3) is 0 Å². The highest BCUT2D eigenvalue weighted by Gasteiger charge is 2.10. The molecule has 112 valence electrons. The molecule has 4 nitrogen and oxygen atoms in total. The number of benzene rings is 2. The Morgan fingerprint density at radius 2 is 1.90 bits per heavy atom. The summed E-state index contributed by atoms with van der Waals surface area (Å²) in [5.74, 6) is 0.0114. The van der Waals surface area contributed by atoms with Gasteiger partial charge in [0.15, 0.2) is 0 Å². The maximum Gasteiger partial charge on any atom is 0.343 e. The van der Waals surface area contributed by atoms with E-state index in [0.29, 0.717) is 23.4 Å². The van der Waals surface area contributed by atoms with Crippen molar-refractivity contribution in [1.82, 2.24) is 5.32 Å². The van der Waals surface area contributed by atoms with Gasteiger partial charge < -0.3 is 15.2 Å². The van der Waals surface area contributed by atoms with E-state index in [1.54, 1.807) is 55.6 Å². The molecule has 0 saturated heterocycles. The molecule has 21 heavy (non-hydrogen) atoms. The van der Waals surface area contributed by atoms with Crippen molar-refractivity contribution in [2.45, 2.75) is 6.10 Å². The van der Waals surface area contributed by atoms with Crippen molar-refractivity contribution in [2.24, 2.45) is 0 Å². The first kappa shape index (κ1) is 17.2. The minimum atomic E-state index is -0.629. The Hall–Kier alpha value is -1.88. The number of ether oxygens (including phenoxy) is 1. The molecule has 2 N–H and O–H groups in total. The summed E-state index contributed by atoms with van der Waals surface area (Å²) in [6, 6.07) is 15.7. The van der Waals surface area contributed by atoms with Crippen LogP contribution in [0.15, 0.2) is 54.6 Å². The Kier molecular flexibility index (Phi) is 6.88. The Labute approximate surface area is 130 Å². The lowest BCUT2D eigenvalue weighted by Gasteiger charge is -2.11. The molecule has 2 rings (SSSR count). The summed E-state index contributed by atoms with van der Waals surface area (Å²) < 4.78 is 5.30. The molecule has 0 heterocycles. The number of rotatable bonds is 5. The van der Waals surface area contributed by atoms with Gasteiger partial charge in [0.05, 0.1) is 11.7 Å². The van der Waals surface area contributed by atoms with Gasteiger partial charge in [-0.05, 0) is 36.9 Å². The molecule has 2 aromatic rings. The number of aliphatic hydroxyl groups is 1. The summed E-state index contributed by atoms with van der Waals surface area (Å²) in [6.07, 6.45) is -0.629. The van der Waals surface area contributed by atoms with Crippen molar-refractivity contribution in [3.05, 3.63) is 65.7 Å². The summed E-state index contributed by atoms with van der Waals surface area (Å²) >= 11 is 0. The van der Waals surface area contributed by atoms with E-state index in [2.05, 4.69) is 5.32 Å². The third kappa shape index (κ3) is 4.86. The van der Waals surface area contributed by atoms with Gasteiger partial charge in [0.2, 0.25) is 0 Å². The molecule has 0 fully saturated rings. The smallest absolute Gasteiger partial charge is 0.343 e. The minimum absolute atomic E-state index is 0. The van der Waals surface area contributed by atoms with Crippen LogP contribution in [0.2, 0.25) is 0 Å². The quantitative estimate of drug-likeness (QED) is 0.658. The number of aliphatic hydroxyl groups excluding tert-OH is 1. The lowest BCUT2D eigenvalue weighted by molar-refractivity contribution is 0.0734. The third-order valence-corrected chi connectivity index (χ3v) is 2.86. The van der Waals surface area contributed by atoms with Gasteiger partial charge in [-0.3, -0.25) is 0 Å². The van der Waals surface area contributed by atoms with E-state index in [0.717, 1.165) is 0 Å². The largest absolute Gasteiger partial charge is 0.423 e. The van der Waals surface area contributed by atoms with E-state index < -0.39 is 12.1 Å². The molecule has 0 radical (unpaired) electrons. The molecule has 1 atom stereocenters. The second kappa shape index (κ2) is 8.42.